The number of carbonyl (C=O) groups is 2. The fraction of sp³-hybridized carbons (Fsp3) is 0.333. The van der Waals surface area contributed by atoms with Gasteiger partial charge in [-0.15, -0.1) is 0 Å². The molecule has 1 rings (SSSR count). The van der Waals surface area contributed by atoms with Gasteiger partial charge in [-0.3, -0.25) is 0 Å². The number of hydrogen-bond acceptors (Lipinski definition) is 3. The van der Waals surface area contributed by atoms with E-state index in [1.165, 1.54) is 12.1 Å². The Morgan fingerprint density at radius 2 is 1.65 bits per heavy atom. The van der Waals surface area contributed by atoms with Gasteiger partial charge in [-0.25, -0.2) is 9.59 Å². The minimum Gasteiger partial charge on any atom is -0.478 e. The van der Waals surface area contributed by atoms with Crippen LogP contribution in [-0.2, 0) is 11.2 Å². The molecule has 0 aliphatic carbocycles. The van der Waals surface area contributed by atoms with E-state index in [0.717, 1.165) is 12.5 Å². The molecule has 0 aromatic heterocycles. The van der Waals surface area contributed by atoms with E-state index in [2.05, 4.69) is 0 Å². The fourth-order valence-corrected chi connectivity index (χ4v) is 1.50. The minimum absolute atomic E-state index is 0.00248. The van der Waals surface area contributed by atoms with Crippen LogP contribution in [0.2, 0.25) is 0 Å². The zero-order chi connectivity index (χ0) is 12.8. The van der Waals surface area contributed by atoms with Crippen molar-refractivity contribution in [3.63, 3.8) is 0 Å². The monoisotopic (exact) mass is 238 g/mol. The van der Waals surface area contributed by atoms with E-state index in [1.54, 1.807) is 7.11 Å². The van der Waals surface area contributed by atoms with Gasteiger partial charge < -0.3 is 14.9 Å². The number of benzene rings is 1. The summed E-state index contributed by atoms with van der Waals surface area (Å²) < 4.78 is 4.89. The maximum atomic E-state index is 10.8. The normalized spacial score (nSPS) is 10.2. The lowest BCUT2D eigenvalue weighted by Gasteiger charge is -2.05. The lowest BCUT2D eigenvalue weighted by Crippen LogP contribution is -2.04. The van der Waals surface area contributed by atoms with Gasteiger partial charge in [0.25, 0.3) is 0 Å². The van der Waals surface area contributed by atoms with Crippen LogP contribution in [0.5, 0.6) is 0 Å². The Morgan fingerprint density at radius 1 is 1.12 bits per heavy atom. The van der Waals surface area contributed by atoms with E-state index in [-0.39, 0.29) is 11.1 Å². The molecule has 92 valence electrons. The highest BCUT2D eigenvalue weighted by molar-refractivity contribution is 5.94. The molecule has 0 heterocycles. The number of methoxy groups -OCH3 is 1. The molecule has 0 unspecified atom stereocenters. The first-order valence-corrected chi connectivity index (χ1v) is 5.14. The molecule has 0 saturated heterocycles. The van der Waals surface area contributed by atoms with Crippen molar-refractivity contribution in [3.8, 4) is 0 Å². The maximum Gasteiger partial charge on any atom is 0.335 e. The number of hydrogen-bond donors (Lipinski definition) is 2. The van der Waals surface area contributed by atoms with Crippen LogP contribution in [0.15, 0.2) is 18.2 Å². The van der Waals surface area contributed by atoms with Crippen LogP contribution >= 0.6 is 0 Å². The van der Waals surface area contributed by atoms with E-state index >= 15 is 0 Å². The number of aromatic carboxylic acids is 2. The van der Waals surface area contributed by atoms with Gasteiger partial charge in [-0.1, -0.05) is 0 Å². The van der Waals surface area contributed by atoms with Gasteiger partial charge in [0.1, 0.15) is 0 Å². The molecule has 0 fully saturated rings. The molecule has 0 saturated carbocycles. The van der Waals surface area contributed by atoms with Crippen LogP contribution in [0.1, 0.15) is 32.7 Å². The number of rotatable bonds is 6. The van der Waals surface area contributed by atoms with Gasteiger partial charge in [0, 0.05) is 13.7 Å². The second-order valence-corrected chi connectivity index (χ2v) is 3.63. The molecule has 5 heteroatoms. The SMILES string of the molecule is COCCCc1cc(C(=O)O)cc(C(=O)O)c1. The number of aryl methyl sites for hydroxylation is 1. The van der Waals surface area contributed by atoms with Crippen molar-refractivity contribution in [2.75, 3.05) is 13.7 Å². The summed E-state index contributed by atoms with van der Waals surface area (Å²) >= 11 is 0. The van der Waals surface area contributed by atoms with Gasteiger partial charge in [-0.2, -0.15) is 0 Å². The molecule has 2 N–H and O–H groups in total. The standard InChI is InChI=1S/C12H14O5/c1-17-4-2-3-8-5-9(11(13)14)7-10(6-8)12(15)16/h5-7H,2-4H2,1H3,(H,13,14)(H,15,16). The highest BCUT2D eigenvalue weighted by atomic mass is 16.5. The number of carboxylic acids is 2. The summed E-state index contributed by atoms with van der Waals surface area (Å²) in [5.41, 5.74) is 0.689. The molecule has 0 radical (unpaired) electrons. The largest absolute Gasteiger partial charge is 0.478 e. The van der Waals surface area contributed by atoms with Crippen LogP contribution in [0.25, 0.3) is 0 Å². The van der Waals surface area contributed by atoms with E-state index in [0.29, 0.717) is 18.6 Å². The van der Waals surface area contributed by atoms with Gasteiger partial charge in [0.15, 0.2) is 0 Å². The molecule has 0 aliphatic heterocycles. The summed E-state index contributed by atoms with van der Waals surface area (Å²) in [5, 5.41) is 17.7. The van der Waals surface area contributed by atoms with Crippen LogP contribution < -0.4 is 0 Å². The average Bonchev–Trinajstić information content (AvgIpc) is 2.29. The van der Waals surface area contributed by atoms with Gasteiger partial charge >= 0.3 is 11.9 Å². The Labute approximate surface area is 98.6 Å². The van der Waals surface area contributed by atoms with E-state index in [4.69, 9.17) is 14.9 Å². The van der Waals surface area contributed by atoms with Crippen molar-refractivity contribution >= 4 is 11.9 Å². The molecule has 0 aliphatic rings. The van der Waals surface area contributed by atoms with Crippen molar-refractivity contribution < 1.29 is 24.5 Å². The van der Waals surface area contributed by atoms with Crippen LogP contribution in [-0.4, -0.2) is 35.9 Å². The van der Waals surface area contributed by atoms with Gasteiger partial charge in [0.2, 0.25) is 0 Å². The molecular formula is C12H14O5. The first-order valence-electron chi connectivity index (χ1n) is 5.14. The lowest BCUT2D eigenvalue weighted by molar-refractivity contribution is 0.0696. The molecule has 0 spiro atoms. The van der Waals surface area contributed by atoms with Crippen LogP contribution in [0.3, 0.4) is 0 Å². The second-order valence-electron chi connectivity index (χ2n) is 3.63. The number of ether oxygens (including phenoxy) is 1. The summed E-state index contributed by atoms with van der Waals surface area (Å²) in [5.74, 6) is -2.25. The maximum absolute atomic E-state index is 10.8. The van der Waals surface area contributed by atoms with Gasteiger partial charge in [0.05, 0.1) is 11.1 Å². The molecule has 1 aromatic rings. The molecule has 0 atom stereocenters. The summed E-state index contributed by atoms with van der Waals surface area (Å²) in [6.45, 7) is 0.555. The fourth-order valence-electron chi connectivity index (χ4n) is 1.50. The summed E-state index contributed by atoms with van der Waals surface area (Å²) in [4.78, 5) is 21.7. The highest BCUT2D eigenvalue weighted by Crippen LogP contribution is 2.13. The van der Waals surface area contributed by atoms with Gasteiger partial charge in [-0.05, 0) is 36.6 Å². The third-order valence-corrected chi connectivity index (χ3v) is 2.30. The highest BCUT2D eigenvalue weighted by Gasteiger charge is 2.11. The minimum atomic E-state index is -1.12. The predicted octanol–water partition coefficient (Wildman–Crippen LogP) is 1.66. The number of carboxylic acid groups (broad SMARTS) is 2. The van der Waals surface area contributed by atoms with Crippen molar-refractivity contribution in [2.24, 2.45) is 0 Å². The molecule has 1 aromatic carbocycles. The van der Waals surface area contributed by atoms with Crippen molar-refractivity contribution in [2.45, 2.75) is 12.8 Å². The first kappa shape index (κ1) is 13.2. The van der Waals surface area contributed by atoms with Crippen molar-refractivity contribution in [1.29, 1.82) is 0 Å². The molecule has 0 amide bonds. The Kier molecular flexibility index (Phi) is 4.66. The third kappa shape index (κ3) is 3.88. The molecular weight excluding hydrogens is 224 g/mol. The third-order valence-electron chi connectivity index (χ3n) is 2.30. The van der Waals surface area contributed by atoms with E-state index in [1.807, 2.05) is 0 Å². The zero-order valence-electron chi connectivity index (χ0n) is 9.47. The molecule has 17 heavy (non-hydrogen) atoms. The lowest BCUT2D eigenvalue weighted by atomic mass is 10.0. The molecule has 5 nitrogen and oxygen atoms in total. The predicted molar refractivity (Wildman–Crippen MR) is 60.6 cm³/mol. The van der Waals surface area contributed by atoms with Crippen molar-refractivity contribution in [1.82, 2.24) is 0 Å². The zero-order valence-corrected chi connectivity index (χ0v) is 9.47. The van der Waals surface area contributed by atoms with Crippen molar-refractivity contribution in [3.05, 3.63) is 34.9 Å². The Hall–Kier alpha value is -1.88. The average molecular weight is 238 g/mol. The summed E-state index contributed by atoms with van der Waals surface area (Å²) in [6, 6.07) is 4.14. The van der Waals surface area contributed by atoms with E-state index < -0.39 is 11.9 Å². The smallest absolute Gasteiger partial charge is 0.335 e. The van der Waals surface area contributed by atoms with Crippen LogP contribution in [0, 0.1) is 0 Å². The quantitative estimate of drug-likeness (QED) is 0.736. The Bertz CT molecular complexity index is 393. The Morgan fingerprint density at radius 3 is 2.06 bits per heavy atom. The second kappa shape index (κ2) is 6.00. The van der Waals surface area contributed by atoms with Crippen LogP contribution in [0.4, 0.5) is 0 Å². The first-order chi connectivity index (χ1) is 8.04. The van der Waals surface area contributed by atoms with E-state index in [9.17, 15) is 9.59 Å². The Balaban J connectivity index is 2.95. The molecule has 0 bridgehead atoms. The summed E-state index contributed by atoms with van der Waals surface area (Å²) in [7, 11) is 1.58. The topological polar surface area (TPSA) is 83.8 Å². The summed E-state index contributed by atoms with van der Waals surface area (Å²) in [6.07, 6.45) is 1.31.